The lowest BCUT2D eigenvalue weighted by molar-refractivity contribution is 0.181. The van der Waals surface area contributed by atoms with Crippen molar-refractivity contribution in [1.29, 1.82) is 0 Å². The minimum atomic E-state index is -0.342. The summed E-state index contributed by atoms with van der Waals surface area (Å²) in [5, 5.41) is 0. The van der Waals surface area contributed by atoms with E-state index in [0.29, 0.717) is 6.04 Å². The van der Waals surface area contributed by atoms with Gasteiger partial charge in [0.25, 0.3) is 0 Å². The summed E-state index contributed by atoms with van der Waals surface area (Å²) in [6.45, 7) is 3.81. The maximum absolute atomic E-state index is 12.1. The standard InChI is InChI=1S/C10H22FN3/c1-13(9-11)5-2-6-14-7-3-10(12)4-8-14/h10H,2-9,12H2,1H3. The molecule has 1 fully saturated rings. The van der Waals surface area contributed by atoms with Crippen molar-refractivity contribution < 1.29 is 4.39 Å². The van der Waals surface area contributed by atoms with E-state index >= 15 is 0 Å². The second-order valence-electron chi connectivity index (χ2n) is 4.23. The minimum absolute atomic E-state index is 0.342. The van der Waals surface area contributed by atoms with Crippen LogP contribution in [-0.4, -0.2) is 55.9 Å². The maximum atomic E-state index is 12.1. The highest BCUT2D eigenvalue weighted by atomic mass is 19.1. The lowest BCUT2D eigenvalue weighted by Gasteiger charge is -2.30. The zero-order chi connectivity index (χ0) is 10.4. The van der Waals surface area contributed by atoms with Gasteiger partial charge in [-0.3, -0.25) is 4.90 Å². The molecule has 0 atom stereocenters. The first-order valence-electron chi connectivity index (χ1n) is 5.45. The van der Waals surface area contributed by atoms with Crippen molar-refractivity contribution in [1.82, 2.24) is 9.80 Å². The van der Waals surface area contributed by atoms with Gasteiger partial charge < -0.3 is 10.6 Å². The number of piperidine rings is 1. The number of alkyl halides is 1. The maximum Gasteiger partial charge on any atom is 0.142 e. The van der Waals surface area contributed by atoms with Crippen molar-refractivity contribution in [3.63, 3.8) is 0 Å². The first-order chi connectivity index (χ1) is 6.72. The zero-order valence-electron chi connectivity index (χ0n) is 9.08. The number of nitrogens with zero attached hydrogens (tertiary/aromatic N) is 2. The third kappa shape index (κ3) is 4.35. The van der Waals surface area contributed by atoms with E-state index in [4.69, 9.17) is 5.73 Å². The Morgan fingerprint density at radius 2 is 2.07 bits per heavy atom. The molecule has 2 N–H and O–H groups in total. The van der Waals surface area contributed by atoms with Crippen molar-refractivity contribution in [2.24, 2.45) is 5.73 Å². The second-order valence-corrected chi connectivity index (χ2v) is 4.23. The molecule has 14 heavy (non-hydrogen) atoms. The van der Waals surface area contributed by atoms with Gasteiger partial charge in [-0.25, -0.2) is 4.39 Å². The molecular formula is C10H22FN3. The van der Waals surface area contributed by atoms with Crippen LogP contribution in [0.1, 0.15) is 19.3 Å². The Morgan fingerprint density at radius 3 is 2.64 bits per heavy atom. The molecule has 1 heterocycles. The minimum Gasteiger partial charge on any atom is -0.328 e. The van der Waals surface area contributed by atoms with E-state index < -0.39 is 0 Å². The van der Waals surface area contributed by atoms with E-state index in [1.54, 1.807) is 4.90 Å². The van der Waals surface area contributed by atoms with Gasteiger partial charge in [-0.05, 0) is 45.9 Å². The van der Waals surface area contributed by atoms with Gasteiger partial charge in [-0.15, -0.1) is 0 Å². The molecule has 0 unspecified atom stereocenters. The summed E-state index contributed by atoms with van der Waals surface area (Å²) in [5.74, 6) is 0. The van der Waals surface area contributed by atoms with Gasteiger partial charge in [-0.1, -0.05) is 0 Å². The average Bonchev–Trinajstić information content (AvgIpc) is 2.21. The lowest BCUT2D eigenvalue weighted by atomic mass is 10.1. The highest BCUT2D eigenvalue weighted by Crippen LogP contribution is 2.08. The van der Waals surface area contributed by atoms with E-state index in [1.165, 1.54) is 0 Å². The van der Waals surface area contributed by atoms with E-state index in [1.807, 2.05) is 7.05 Å². The Bertz CT molecular complexity index is 146. The van der Waals surface area contributed by atoms with Gasteiger partial charge in [0.1, 0.15) is 6.80 Å². The molecule has 0 radical (unpaired) electrons. The van der Waals surface area contributed by atoms with E-state index in [9.17, 15) is 4.39 Å². The van der Waals surface area contributed by atoms with E-state index in [-0.39, 0.29) is 6.80 Å². The number of likely N-dealkylation sites (tertiary alicyclic amines) is 1. The summed E-state index contributed by atoms with van der Waals surface area (Å²) in [6, 6.07) is 0.403. The number of rotatable bonds is 5. The quantitative estimate of drug-likeness (QED) is 0.666. The first-order valence-corrected chi connectivity index (χ1v) is 5.45. The molecule has 0 amide bonds. The summed E-state index contributed by atoms with van der Waals surface area (Å²) in [5.41, 5.74) is 5.81. The van der Waals surface area contributed by atoms with Crippen LogP contribution in [-0.2, 0) is 0 Å². The molecule has 0 bridgehead atoms. The Hall–Kier alpha value is -0.190. The normalized spacial score (nSPS) is 20.6. The fourth-order valence-corrected chi connectivity index (χ4v) is 1.80. The summed E-state index contributed by atoms with van der Waals surface area (Å²) < 4.78 is 12.1. The summed E-state index contributed by atoms with van der Waals surface area (Å²) in [7, 11) is 1.81. The molecule has 0 aromatic heterocycles. The van der Waals surface area contributed by atoms with Gasteiger partial charge in [-0.2, -0.15) is 0 Å². The molecular weight excluding hydrogens is 181 g/mol. The highest BCUT2D eigenvalue weighted by molar-refractivity contribution is 4.73. The molecule has 1 saturated heterocycles. The number of halogens is 1. The van der Waals surface area contributed by atoms with Crippen LogP contribution < -0.4 is 5.73 Å². The van der Waals surface area contributed by atoms with Crippen molar-refractivity contribution in [3.8, 4) is 0 Å². The van der Waals surface area contributed by atoms with Crippen LogP contribution in [0, 0.1) is 0 Å². The van der Waals surface area contributed by atoms with Gasteiger partial charge >= 0.3 is 0 Å². The third-order valence-corrected chi connectivity index (χ3v) is 2.85. The SMILES string of the molecule is CN(CF)CCCN1CCC(N)CC1. The molecule has 1 aliphatic rings. The molecule has 1 aliphatic heterocycles. The van der Waals surface area contributed by atoms with Gasteiger partial charge in [0.15, 0.2) is 0 Å². The van der Waals surface area contributed by atoms with Crippen molar-refractivity contribution in [3.05, 3.63) is 0 Å². The molecule has 0 saturated carbocycles. The number of hydrogen-bond acceptors (Lipinski definition) is 3. The predicted octanol–water partition coefficient (Wildman–Crippen LogP) is 0.658. The molecule has 4 heteroatoms. The van der Waals surface area contributed by atoms with Crippen LogP contribution in [0.2, 0.25) is 0 Å². The first kappa shape index (κ1) is 11.9. The molecule has 0 spiro atoms. The summed E-state index contributed by atoms with van der Waals surface area (Å²) >= 11 is 0. The van der Waals surface area contributed by atoms with Crippen LogP contribution in [0.4, 0.5) is 4.39 Å². The molecule has 84 valence electrons. The largest absolute Gasteiger partial charge is 0.328 e. The van der Waals surface area contributed by atoms with Crippen molar-refractivity contribution in [2.75, 3.05) is 40.0 Å². The monoisotopic (exact) mass is 203 g/mol. The Balaban J connectivity index is 2.02. The predicted molar refractivity (Wildman–Crippen MR) is 56.9 cm³/mol. The molecule has 0 aromatic rings. The second kappa shape index (κ2) is 6.32. The average molecular weight is 203 g/mol. The van der Waals surface area contributed by atoms with E-state index in [2.05, 4.69) is 4.90 Å². The third-order valence-electron chi connectivity index (χ3n) is 2.85. The Kier molecular flexibility index (Phi) is 5.37. The van der Waals surface area contributed by atoms with Crippen LogP contribution in [0.15, 0.2) is 0 Å². The van der Waals surface area contributed by atoms with Gasteiger partial charge in [0, 0.05) is 12.6 Å². The fraction of sp³-hybridized carbons (Fsp3) is 1.00. The summed E-state index contributed by atoms with van der Waals surface area (Å²) in [4.78, 5) is 4.13. The van der Waals surface area contributed by atoms with Gasteiger partial charge in [0.2, 0.25) is 0 Å². The van der Waals surface area contributed by atoms with E-state index in [0.717, 1.165) is 45.4 Å². The smallest absolute Gasteiger partial charge is 0.142 e. The fourth-order valence-electron chi connectivity index (χ4n) is 1.80. The van der Waals surface area contributed by atoms with Crippen LogP contribution >= 0.6 is 0 Å². The number of nitrogens with two attached hydrogens (primary N) is 1. The van der Waals surface area contributed by atoms with Crippen molar-refractivity contribution >= 4 is 0 Å². The highest BCUT2D eigenvalue weighted by Gasteiger charge is 2.15. The van der Waals surface area contributed by atoms with Gasteiger partial charge in [0.05, 0.1) is 0 Å². The Labute approximate surface area is 86.0 Å². The van der Waals surface area contributed by atoms with Crippen LogP contribution in [0.5, 0.6) is 0 Å². The molecule has 3 nitrogen and oxygen atoms in total. The lowest BCUT2D eigenvalue weighted by Crippen LogP contribution is -2.40. The molecule has 0 aliphatic carbocycles. The molecule has 0 aromatic carbocycles. The summed E-state index contributed by atoms with van der Waals surface area (Å²) in [6.07, 6.45) is 3.27. The Morgan fingerprint density at radius 1 is 1.43 bits per heavy atom. The van der Waals surface area contributed by atoms with Crippen molar-refractivity contribution in [2.45, 2.75) is 25.3 Å². The number of hydrogen-bond donors (Lipinski definition) is 1. The van der Waals surface area contributed by atoms with Crippen LogP contribution in [0.25, 0.3) is 0 Å². The topological polar surface area (TPSA) is 32.5 Å². The zero-order valence-corrected chi connectivity index (χ0v) is 9.08. The molecule has 1 rings (SSSR count). The van der Waals surface area contributed by atoms with Crippen LogP contribution in [0.3, 0.4) is 0 Å².